The fourth-order valence-electron chi connectivity index (χ4n) is 1.70. The molecule has 0 aromatic heterocycles. The van der Waals surface area contributed by atoms with Crippen LogP contribution in [0.15, 0.2) is 66.7 Å². The highest BCUT2D eigenvalue weighted by molar-refractivity contribution is 6.11. The third-order valence-corrected chi connectivity index (χ3v) is 2.75. The lowest BCUT2D eigenvalue weighted by molar-refractivity contribution is -0.129. The van der Waals surface area contributed by atoms with Gasteiger partial charge in [-0.05, 0) is 12.1 Å². The standard InChI is InChI=1S/C17H11NO3/c1-12(11-18)17(20)21-15-10-6-5-9-14(15)16(19)13-7-3-2-4-8-13/h2-10H,1H2. The molecule has 0 bridgehead atoms. The van der Waals surface area contributed by atoms with Crippen LogP contribution in [0.4, 0.5) is 0 Å². The van der Waals surface area contributed by atoms with Gasteiger partial charge in [-0.1, -0.05) is 49.0 Å². The van der Waals surface area contributed by atoms with Crippen molar-refractivity contribution < 1.29 is 14.3 Å². The fourth-order valence-corrected chi connectivity index (χ4v) is 1.70. The maximum Gasteiger partial charge on any atom is 0.353 e. The summed E-state index contributed by atoms with van der Waals surface area (Å²) >= 11 is 0. The van der Waals surface area contributed by atoms with E-state index in [9.17, 15) is 9.59 Å². The normalized spacial score (nSPS) is 9.48. The van der Waals surface area contributed by atoms with Gasteiger partial charge in [0.2, 0.25) is 0 Å². The molecule has 0 spiro atoms. The predicted molar refractivity (Wildman–Crippen MR) is 76.7 cm³/mol. The van der Waals surface area contributed by atoms with Crippen LogP contribution in [0.5, 0.6) is 5.75 Å². The molecule has 4 heteroatoms. The number of carbonyl (C=O) groups excluding carboxylic acids is 2. The average Bonchev–Trinajstić information content (AvgIpc) is 2.54. The van der Waals surface area contributed by atoms with Crippen molar-refractivity contribution in [3.05, 3.63) is 77.9 Å². The Hall–Kier alpha value is -3.19. The average molecular weight is 277 g/mol. The molecule has 21 heavy (non-hydrogen) atoms. The molecule has 102 valence electrons. The molecule has 0 radical (unpaired) electrons. The first-order chi connectivity index (χ1) is 10.1. The van der Waals surface area contributed by atoms with Crippen LogP contribution in [0.3, 0.4) is 0 Å². The summed E-state index contributed by atoms with van der Waals surface area (Å²) in [5.74, 6) is -1.03. The number of rotatable bonds is 4. The van der Waals surface area contributed by atoms with Gasteiger partial charge >= 0.3 is 5.97 Å². The quantitative estimate of drug-likeness (QED) is 0.283. The monoisotopic (exact) mass is 277 g/mol. The number of ketones is 1. The predicted octanol–water partition coefficient (Wildman–Crippen LogP) is 2.90. The zero-order valence-electron chi connectivity index (χ0n) is 11.1. The molecular formula is C17H11NO3. The van der Waals surface area contributed by atoms with Gasteiger partial charge in [-0.25, -0.2) is 4.79 Å². The summed E-state index contributed by atoms with van der Waals surface area (Å²) in [5, 5.41) is 8.62. The number of hydrogen-bond acceptors (Lipinski definition) is 4. The zero-order valence-corrected chi connectivity index (χ0v) is 11.1. The smallest absolute Gasteiger partial charge is 0.353 e. The van der Waals surface area contributed by atoms with Crippen LogP contribution in [0.2, 0.25) is 0 Å². The maximum atomic E-state index is 12.4. The van der Waals surface area contributed by atoms with Crippen LogP contribution in [0, 0.1) is 11.3 Å². The van der Waals surface area contributed by atoms with E-state index in [0.29, 0.717) is 5.56 Å². The number of benzene rings is 2. The van der Waals surface area contributed by atoms with E-state index in [1.54, 1.807) is 54.6 Å². The third kappa shape index (κ3) is 3.23. The van der Waals surface area contributed by atoms with E-state index in [1.807, 2.05) is 0 Å². The molecule has 0 aliphatic rings. The summed E-state index contributed by atoms with van der Waals surface area (Å²) in [6, 6.07) is 16.6. The second-order valence-corrected chi connectivity index (χ2v) is 4.17. The largest absolute Gasteiger partial charge is 0.422 e. The lowest BCUT2D eigenvalue weighted by Gasteiger charge is -2.08. The molecule has 2 rings (SSSR count). The second-order valence-electron chi connectivity index (χ2n) is 4.17. The van der Waals surface area contributed by atoms with E-state index < -0.39 is 5.97 Å². The van der Waals surface area contributed by atoms with Gasteiger partial charge in [0.05, 0.1) is 5.56 Å². The molecule has 0 saturated heterocycles. The Morgan fingerprint density at radius 1 is 1.00 bits per heavy atom. The fraction of sp³-hybridized carbons (Fsp3) is 0. The molecule has 0 saturated carbocycles. The van der Waals surface area contributed by atoms with Gasteiger partial charge in [-0.3, -0.25) is 4.79 Å². The Balaban J connectivity index is 2.34. The van der Waals surface area contributed by atoms with E-state index in [1.165, 1.54) is 6.07 Å². The Bertz CT molecular complexity index is 742. The van der Waals surface area contributed by atoms with Gasteiger partial charge in [0, 0.05) is 5.56 Å². The first-order valence-electron chi connectivity index (χ1n) is 6.13. The molecule has 0 aliphatic heterocycles. The second kappa shape index (κ2) is 6.31. The molecule has 0 heterocycles. The van der Waals surface area contributed by atoms with Gasteiger partial charge in [-0.2, -0.15) is 5.26 Å². The van der Waals surface area contributed by atoms with Crippen molar-refractivity contribution in [2.45, 2.75) is 0 Å². The van der Waals surface area contributed by atoms with Gasteiger partial charge in [0.1, 0.15) is 17.4 Å². The van der Waals surface area contributed by atoms with E-state index in [2.05, 4.69) is 6.58 Å². The molecular weight excluding hydrogens is 266 g/mol. The van der Waals surface area contributed by atoms with Gasteiger partial charge in [-0.15, -0.1) is 0 Å². The van der Waals surface area contributed by atoms with Crippen molar-refractivity contribution in [3.8, 4) is 11.8 Å². The molecule has 0 atom stereocenters. The van der Waals surface area contributed by atoms with Gasteiger partial charge in [0.25, 0.3) is 0 Å². The summed E-state index contributed by atoms with van der Waals surface area (Å²) < 4.78 is 5.06. The van der Waals surface area contributed by atoms with Crippen LogP contribution >= 0.6 is 0 Å². The number of nitrogens with zero attached hydrogens (tertiary/aromatic N) is 1. The Morgan fingerprint density at radius 3 is 2.29 bits per heavy atom. The number of para-hydroxylation sites is 1. The minimum absolute atomic E-state index is 0.104. The van der Waals surface area contributed by atoms with E-state index in [-0.39, 0.29) is 22.7 Å². The molecule has 0 aliphatic carbocycles. The van der Waals surface area contributed by atoms with Crippen molar-refractivity contribution in [1.82, 2.24) is 0 Å². The van der Waals surface area contributed by atoms with Crippen LogP contribution in [0.1, 0.15) is 15.9 Å². The number of nitriles is 1. The van der Waals surface area contributed by atoms with E-state index >= 15 is 0 Å². The highest BCUT2D eigenvalue weighted by Crippen LogP contribution is 2.22. The van der Waals surface area contributed by atoms with Crippen molar-refractivity contribution in [1.29, 1.82) is 5.26 Å². The topological polar surface area (TPSA) is 67.2 Å². The van der Waals surface area contributed by atoms with Crippen molar-refractivity contribution in [2.24, 2.45) is 0 Å². The zero-order chi connectivity index (χ0) is 15.2. The lowest BCUT2D eigenvalue weighted by Crippen LogP contribution is -2.12. The first-order valence-corrected chi connectivity index (χ1v) is 6.13. The number of hydrogen-bond donors (Lipinski definition) is 0. The van der Waals surface area contributed by atoms with Crippen molar-refractivity contribution in [2.75, 3.05) is 0 Å². The third-order valence-electron chi connectivity index (χ3n) is 2.75. The Morgan fingerprint density at radius 2 is 1.62 bits per heavy atom. The van der Waals surface area contributed by atoms with Crippen LogP contribution in [-0.2, 0) is 4.79 Å². The highest BCUT2D eigenvalue weighted by atomic mass is 16.5. The summed E-state index contributed by atoms with van der Waals surface area (Å²) in [6.45, 7) is 3.28. The molecule has 0 unspecified atom stereocenters. The molecule has 0 fully saturated rings. The van der Waals surface area contributed by atoms with Crippen LogP contribution < -0.4 is 4.74 Å². The molecule has 4 nitrogen and oxygen atoms in total. The summed E-state index contributed by atoms with van der Waals surface area (Å²) in [6.07, 6.45) is 0. The number of ether oxygens (including phenoxy) is 1. The number of carbonyl (C=O) groups is 2. The minimum Gasteiger partial charge on any atom is -0.422 e. The Kier molecular flexibility index (Phi) is 4.27. The lowest BCUT2D eigenvalue weighted by atomic mass is 10.0. The SMILES string of the molecule is C=C(C#N)C(=O)Oc1ccccc1C(=O)c1ccccc1. The highest BCUT2D eigenvalue weighted by Gasteiger charge is 2.17. The van der Waals surface area contributed by atoms with Crippen molar-refractivity contribution >= 4 is 11.8 Å². The summed E-state index contributed by atoms with van der Waals surface area (Å²) in [5.41, 5.74) is 0.417. The van der Waals surface area contributed by atoms with Gasteiger partial charge < -0.3 is 4.74 Å². The first kappa shape index (κ1) is 14.2. The maximum absolute atomic E-state index is 12.4. The van der Waals surface area contributed by atoms with Gasteiger partial charge in [0.15, 0.2) is 5.78 Å². The summed E-state index contributed by atoms with van der Waals surface area (Å²) in [4.78, 5) is 24.0. The minimum atomic E-state index is -0.870. The summed E-state index contributed by atoms with van der Waals surface area (Å²) in [7, 11) is 0. The Labute approximate surface area is 121 Å². The molecule has 2 aromatic rings. The van der Waals surface area contributed by atoms with E-state index in [0.717, 1.165) is 0 Å². The van der Waals surface area contributed by atoms with Crippen molar-refractivity contribution in [3.63, 3.8) is 0 Å². The molecule has 2 aromatic carbocycles. The van der Waals surface area contributed by atoms with Crippen LogP contribution in [-0.4, -0.2) is 11.8 Å². The van der Waals surface area contributed by atoms with Crippen LogP contribution in [0.25, 0.3) is 0 Å². The van der Waals surface area contributed by atoms with E-state index in [4.69, 9.17) is 10.00 Å². The number of esters is 1. The molecule has 0 amide bonds. The molecule has 0 N–H and O–H groups in total.